The molecule has 6 rings (SSSR count). The molecule has 4 aromatic rings. The predicted octanol–water partition coefficient (Wildman–Crippen LogP) is 4.90. The first-order chi connectivity index (χ1) is 18.9. The lowest BCUT2D eigenvalue weighted by Gasteiger charge is -2.36. The SMILES string of the molecule is CC1(C)O[C@@H]2[C@H](O1)C(COC(c1ccccc1)(c1ccccc1)c1ccccc1)=C[C@H]2c1cc(=O)[nH]c(N)n1. The molecule has 7 heteroatoms. The van der Waals surface area contributed by atoms with Crippen LogP contribution in [0.4, 0.5) is 5.95 Å². The molecule has 3 aromatic carbocycles. The molecule has 0 bridgehead atoms. The number of aromatic amines is 1. The predicted molar refractivity (Wildman–Crippen MR) is 149 cm³/mol. The van der Waals surface area contributed by atoms with Gasteiger partial charge in [-0.2, -0.15) is 0 Å². The van der Waals surface area contributed by atoms with E-state index >= 15 is 0 Å². The Bertz CT molecular complexity index is 1440. The van der Waals surface area contributed by atoms with Crippen LogP contribution in [0.5, 0.6) is 0 Å². The van der Waals surface area contributed by atoms with Gasteiger partial charge >= 0.3 is 0 Å². The first-order valence-corrected chi connectivity index (χ1v) is 13.1. The van der Waals surface area contributed by atoms with Crippen LogP contribution in [-0.2, 0) is 19.8 Å². The summed E-state index contributed by atoms with van der Waals surface area (Å²) in [6.45, 7) is 4.06. The van der Waals surface area contributed by atoms with E-state index in [9.17, 15) is 4.79 Å². The number of hydrogen-bond acceptors (Lipinski definition) is 6. The van der Waals surface area contributed by atoms with Crippen LogP contribution in [-0.4, -0.2) is 34.6 Å². The molecule has 198 valence electrons. The number of rotatable bonds is 7. The Morgan fingerprint density at radius 2 is 1.44 bits per heavy atom. The summed E-state index contributed by atoms with van der Waals surface area (Å²) in [4.78, 5) is 19.1. The topological polar surface area (TPSA) is 99.5 Å². The maximum atomic E-state index is 12.2. The number of aromatic nitrogens is 2. The average molecular weight is 522 g/mol. The van der Waals surface area contributed by atoms with E-state index in [-0.39, 0.29) is 36.2 Å². The molecule has 7 nitrogen and oxygen atoms in total. The monoisotopic (exact) mass is 521 g/mol. The molecule has 0 unspecified atom stereocenters. The van der Waals surface area contributed by atoms with Crippen molar-refractivity contribution >= 4 is 5.95 Å². The molecule has 2 aliphatic rings. The summed E-state index contributed by atoms with van der Waals surface area (Å²) < 4.78 is 19.7. The van der Waals surface area contributed by atoms with Crippen molar-refractivity contribution in [2.45, 2.75) is 43.4 Å². The van der Waals surface area contributed by atoms with Gasteiger partial charge in [-0.05, 0) is 36.1 Å². The van der Waals surface area contributed by atoms with Crippen molar-refractivity contribution in [1.82, 2.24) is 9.97 Å². The zero-order chi connectivity index (χ0) is 27.0. The molecular weight excluding hydrogens is 490 g/mol. The molecule has 0 radical (unpaired) electrons. The average Bonchev–Trinajstić information content (AvgIpc) is 3.43. The minimum atomic E-state index is -0.875. The lowest BCUT2D eigenvalue weighted by atomic mass is 9.80. The second-order valence-corrected chi connectivity index (χ2v) is 10.4. The molecule has 0 amide bonds. The van der Waals surface area contributed by atoms with Gasteiger partial charge in [0.05, 0.1) is 12.3 Å². The van der Waals surface area contributed by atoms with Crippen molar-refractivity contribution in [2.24, 2.45) is 0 Å². The Labute approximate surface area is 227 Å². The van der Waals surface area contributed by atoms with Crippen molar-refractivity contribution in [2.75, 3.05) is 12.3 Å². The maximum Gasteiger partial charge on any atom is 0.252 e. The van der Waals surface area contributed by atoms with Gasteiger partial charge in [0, 0.05) is 12.0 Å². The highest BCUT2D eigenvalue weighted by molar-refractivity contribution is 5.48. The number of fused-ring (bicyclic) bond motifs is 1. The first-order valence-electron chi connectivity index (χ1n) is 13.1. The highest BCUT2D eigenvalue weighted by atomic mass is 16.8. The third-order valence-corrected chi connectivity index (χ3v) is 7.36. The Morgan fingerprint density at radius 1 is 0.897 bits per heavy atom. The minimum absolute atomic E-state index is 0.0709. The number of nitrogens with two attached hydrogens (primary N) is 1. The van der Waals surface area contributed by atoms with E-state index in [4.69, 9.17) is 19.9 Å². The first kappa shape index (κ1) is 25.2. The molecule has 0 spiro atoms. The van der Waals surface area contributed by atoms with Crippen LogP contribution < -0.4 is 11.3 Å². The van der Waals surface area contributed by atoms with Crippen molar-refractivity contribution in [1.29, 1.82) is 0 Å². The third kappa shape index (κ3) is 4.69. The number of hydrogen-bond donors (Lipinski definition) is 2. The fourth-order valence-electron chi connectivity index (χ4n) is 5.77. The van der Waals surface area contributed by atoms with Crippen LogP contribution >= 0.6 is 0 Å². The second kappa shape index (κ2) is 9.93. The van der Waals surface area contributed by atoms with E-state index in [1.807, 2.05) is 68.4 Å². The third-order valence-electron chi connectivity index (χ3n) is 7.36. The summed E-state index contributed by atoms with van der Waals surface area (Å²) in [6.07, 6.45) is 1.34. The number of H-pyrrole nitrogens is 1. The van der Waals surface area contributed by atoms with Crippen LogP contribution in [0.15, 0.2) is 114 Å². The maximum absolute atomic E-state index is 12.2. The van der Waals surface area contributed by atoms with Crippen LogP contribution in [0.1, 0.15) is 42.1 Å². The molecule has 1 aliphatic heterocycles. The van der Waals surface area contributed by atoms with Crippen LogP contribution in [0.2, 0.25) is 0 Å². The normalized spacial score (nSPS) is 21.9. The number of ether oxygens (including phenoxy) is 3. The van der Waals surface area contributed by atoms with Gasteiger partial charge < -0.3 is 19.9 Å². The Kier molecular flexibility index (Phi) is 6.43. The van der Waals surface area contributed by atoms with Crippen molar-refractivity contribution < 1.29 is 14.2 Å². The van der Waals surface area contributed by atoms with Crippen LogP contribution in [0.3, 0.4) is 0 Å². The van der Waals surface area contributed by atoms with Gasteiger partial charge in [-0.15, -0.1) is 0 Å². The number of anilines is 1. The molecule has 1 aliphatic carbocycles. The van der Waals surface area contributed by atoms with E-state index in [0.29, 0.717) is 5.69 Å². The van der Waals surface area contributed by atoms with Crippen molar-refractivity contribution in [3.8, 4) is 0 Å². The molecule has 0 saturated carbocycles. The fourth-order valence-corrected chi connectivity index (χ4v) is 5.77. The molecule has 1 fully saturated rings. The Hall–Kier alpha value is -4.04. The zero-order valence-corrected chi connectivity index (χ0v) is 21.9. The fraction of sp³-hybridized carbons (Fsp3) is 0.250. The van der Waals surface area contributed by atoms with E-state index in [2.05, 4.69) is 52.4 Å². The molecule has 1 saturated heterocycles. The van der Waals surface area contributed by atoms with Gasteiger partial charge in [0.15, 0.2) is 5.79 Å². The smallest absolute Gasteiger partial charge is 0.252 e. The molecule has 3 atom stereocenters. The largest absolute Gasteiger partial charge is 0.369 e. The quantitative estimate of drug-likeness (QED) is 0.265. The van der Waals surface area contributed by atoms with Gasteiger partial charge in [-0.1, -0.05) is 97.1 Å². The minimum Gasteiger partial charge on any atom is -0.369 e. The molecule has 39 heavy (non-hydrogen) atoms. The Morgan fingerprint density at radius 3 is 1.95 bits per heavy atom. The van der Waals surface area contributed by atoms with Gasteiger partial charge in [0.2, 0.25) is 5.95 Å². The van der Waals surface area contributed by atoms with Crippen molar-refractivity contribution in [3.63, 3.8) is 0 Å². The lowest BCUT2D eigenvalue weighted by Crippen LogP contribution is -2.35. The van der Waals surface area contributed by atoms with Crippen LogP contribution in [0, 0.1) is 0 Å². The highest BCUT2D eigenvalue weighted by Gasteiger charge is 2.51. The summed E-state index contributed by atoms with van der Waals surface area (Å²) >= 11 is 0. The standard InChI is InChI=1S/C32H31N3O4/c1-31(2)38-28-21(18-25(29(28)39-31)26-19-27(36)35-30(33)34-26)20-37-32(22-12-6-3-7-13-22,23-14-8-4-9-15-23)24-16-10-5-11-17-24/h3-19,25,28-29H,20H2,1-2H3,(H3,33,34,35,36)/t25-,28+,29-/m0/s1. The molecule has 1 aromatic heterocycles. The number of nitrogens with zero attached hydrogens (tertiary/aromatic N) is 1. The highest BCUT2D eigenvalue weighted by Crippen LogP contribution is 2.47. The summed E-state index contributed by atoms with van der Waals surface area (Å²) in [6, 6.07) is 32.2. The summed E-state index contributed by atoms with van der Waals surface area (Å²) in [5.41, 5.74) is 9.22. The summed E-state index contributed by atoms with van der Waals surface area (Å²) in [7, 11) is 0. The van der Waals surface area contributed by atoms with E-state index < -0.39 is 11.4 Å². The molecule has 3 N–H and O–H groups in total. The van der Waals surface area contributed by atoms with Gasteiger partial charge in [0.1, 0.15) is 17.8 Å². The summed E-state index contributed by atoms with van der Waals surface area (Å²) in [5.74, 6) is -1.03. The zero-order valence-electron chi connectivity index (χ0n) is 21.9. The molecular formula is C32H31N3O4. The van der Waals surface area contributed by atoms with Gasteiger partial charge in [0.25, 0.3) is 5.56 Å². The van der Waals surface area contributed by atoms with E-state index in [0.717, 1.165) is 22.3 Å². The number of benzene rings is 3. The van der Waals surface area contributed by atoms with E-state index in [1.54, 1.807) is 0 Å². The van der Waals surface area contributed by atoms with E-state index in [1.165, 1.54) is 6.07 Å². The van der Waals surface area contributed by atoms with Crippen LogP contribution in [0.25, 0.3) is 0 Å². The van der Waals surface area contributed by atoms with Gasteiger partial charge in [-0.3, -0.25) is 9.78 Å². The van der Waals surface area contributed by atoms with Crippen molar-refractivity contribution in [3.05, 3.63) is 141 Å². The Balaban J connectivity index is 1.44. The number of nitrogen functional groups attached to an aromatic ring is 1. The second-order valence-electron chi connectivity index (χ2n) is 10.4. The summed E-state index contributed by atoms with van der Waals surface area (Å²) in [5, 5.41) is 0. The molecule has 2 heterocycles. The lowest BCUT2D eigenvalue weighted by molar-refractivity contribution is -0.147. The van der Waals surface area contributed by atoms with Gasteiger partial charge in [-0.25, -0.2) is 4.98 Å². The number of nitrogens with one attached hydrogen (secondary N) is 1.